The lowest BCUT2D eigenvalue weighted by Crippen LogP contribution is -1.98. The lowest BCUT2D eigenvalue weighted by atomic mass is 10.2. The molecule has 0 saturated carbocycles. The molecule has 0 spiro atoms. The maximum atomic E-state index is 5.50. The van der Waals surface area contributed by atoms with Gasteiger partial charge in [0.15, 0.2) is 5.82 Å². The highest BCUT2D eigenvalue weighted by atomic mass is 16.5. The lowest BCUT2D eigenvalue weighted by molar-refractivity contribution is 0.145. The number of nitrogen functional groups attached to an aromatic ring is 1. The minimum atomic E-state index is 0.474. The fourth-order valence-electron chi connectivity index (χ4n) is 0.926. The Morgan fingerprint density at radius 1 is 1.58 bits per heavy atom. The van der Waals surface area contributed by atoms with Crippen molar-refractivity contribution in [2.75, 3.05) is 18.9 Å². The van der Waals surface area contributed by atoms with Crippen LogP contribution in [0.4, 0.5) is 5.82 Å². The van der Waals surface area contributed by atoms with Gasteiger partial charge in [-0.1, -0.05) is 5.16 Å². The summed E-state index contributed by atoms with van der Waals surface area (Å²) in [4.78, 5) is 0. The van der Waals surface area contributed by atoms with Crippen molar-refractivity contribution in [1.29, 1.82) is 0 Å². The molecule has 4 heteroatoms. The van der Waals surface area contributed by atoms with Crippen molar-refractivity contribution in [1.82, 2.24) is 5.16 Å². The van der Waals surface area contributed by atoms with E-state index in [2.05, 4.69) is 5.16 Å². The quantitative estimate of drug-likeness (QED) is 0.688. The molecule has 2 N–H and O–H groups in total. The van der Waals surface area contributed by atoms with Gasteiger partial charge in [-0.3, -0.25) is 0 Å². The average Bonchev–Trinajstić information content (AvgIpc) is 2.36. The number of anilines is 1. The second-order valence-corrected chi connectivity index (χ2v) is 2.56. The molecule has 0 amide bonds. The van der Waals surface area contributed by atoms with Gasteiger partial charge in [-0.05, 0) is 13.8 Å². The fraction of sp³-hybridized carbons (Fsp3) is 0.625. The Bertz CT molecular complexity index is 245. The molecule has 4 nitrogen and oxygen atoms in total. The number of ether oxygens (including phenoxy) is 1. The van der Waals surface area contributed by atoms with Crippen LogP contribution in [-0.4, -0.2) is 18.4 Å². The molecule has 0 fully saturated rings. The first-order valence-electron chi connectivity index (χ1n) is 4.04. The fourth-order valence-corrected chi connectivity index (χ4v) is 0.926. The molecule has 68 valence electrons. The van der Waals surface area contributed by atoms with E-state index in [0.717, 1.165) is 24.4 Å². The number of hydrogen-bond donors (Lipinski definition) is 1. The van der Waals surface area contributed by atoms with Crippen LogP contribution in [0.3, 0.4) is 0 Å². The van der Waals surface area contributed by atoms with E-state index in [9.17, 15) is 0 Å². The minimum Gasteiger partial charge on any atom is -0.381 e. The van der Waals surface area contributed by atoms with Crippen LogP contribution >= 0.6 is 0 Å². The molecule has 0 atom stereocenters. The molecular formula is C8H14N2O2. The molecular weight excluding hydrogens is 156 g/mol. The van der Waals surface area contributed by atoms with Crippen molar-refractivity contribution >= 4 is 5.82 Å². The van der Waals surface area contributed by atoms with Gasteiger partial charge in [-0.25, -0.2) is 0 Å². The molecule has 1 rings (SSSR count). The zero-order chi connectivity index (χ0) is 8.97. The number of aromatic nitrogens is 1. The molecule has 1 aromatic heterocycles. The SMILES string of the molecule is CCOCCc1onc(N)c1C. The van der Waals surface area contributed by atoms with Crippen molar-refractivity contribution in [3.05, 3.63) is 11.3 Å². The standard InChI is InChI=1S/C8H14N2O2/c1-3-11-5-4-7-6(2)8(9)10-12-7/h3-5H2,1-2H3,(H2,9,10). The molecule has 0 aliphatic carbocycles. The van der Waals surface area contributed by atoms with Gasteiger partial charge in [0.25, 0.3) is 0 Å². The first kappa shape index (κ1) is 9.06. The van der Waals surface area contributed by atoms with Gasteiger partial charge in [0, 0.05) is 18.6 Å². The third kappa shape index (κ3) is 1.98. The number of rotatable bonds is 4. The Kier molecular flexibility index (Phi) is 3.10. The molecule has 0 aliphatic rings. The van der Waals surface area contributed by atoms with E-state index < -0.39 is 0 Å². The third-order valence-electron chi connectivity index (χ3n) is 1.73. The van der Waals surface area contributed by atoms with E-state index in [1.807, 2.05) is 13.8 Å². The first-order chi connectivity index (χ1) is 5.75. The van der Waals surface area contributed by atoms with Crippen LogP contribution in [0.2, 0.25) is 0 Å². The van der Waals surface area contributed by atoms with E-state index in [0.29, 0.717) is 12.4 Å². The summed E-state index contributed by atoms with van der Waals surface area (Å²) in [6.45, 7) is 5.24. The van der Waals surface area contributed by atoms with Gasteiger partial charge >= 0.3 is 0 Å². The third-order valence-corrected chi connectivity index (χ3v) is 1.73. The maximum absolute atomic E-state index is 5.50. The summed E-state index contributed by atoms with van der Waals surface area (Å²) < 4.78 is 10.2. The number of nitrogens with two attached hydrogens (primary N) is 1. The normalized spacial score (nSPS) is 10.5. The van der Waals surface area contributed by atoms with Crippen LogP contribution in [-0.2, 0) is 11.2 Å². The molecule has 1 aromatic rings. The van der Waals surface area contributed by atoms with E-state index >= 15 is 0 Å². The monoisotopic (exact) mass is 170 g/mol. The van der Waals surface area contributed by atoms with Gasteiger partial charge in [-0.15, -0.1) is 0 Å². The van der Waals surface area contributed by atoms with Gasteiger partial charge < -0.3 is 15.0 Å². The molecule has 0 unspecified atom stereocenters. The summed E-state index contributed by atoms with van der Waals surface area (Å²) in [5.41, 5.74) is 6.42. The smallest absolute Gasteiger partial charge is 0.169 e. The van der Waals surface area contributed by atoms with Gasteiger partial charge in [-0.2, -0.15) is 0 Å². The highest BCUT2D eigenvalue weighted by molar-refractivity contribution is 5.38. The van der Waals surface area contributed by atoms with Crippen molar-refractivity contribution in [2.24, 2.45) is 0 Å². The zero-order valence-electron chi connectivity index (χ0n) is 7.46. The van der Waals surface area contributed by atoms with Crippen molar-refractivity contribution in [3.8, 4) is 0 Å². The van der Waals surface area contributed by atoms with Crippen molar-refractivity contribution < 1.29 is 9.26 Å². The molecule has 0 saturated heterocycles. The van der Waals surface area contributed by atoms with E-state index in [1.165, 1.54) is 0 Å². The highest BCUT2D eigenvalue weighted by Gasteiger charge is 2.07. The average molecular weight is 170 g/mol. The predicted octanol–water partition coefficient (Wildman–Crippen LogP) is 1.14. The molecule has 0 aliphatic heterocycles. The van der Waals surface area contributed by atoms with Gasteiger partial charge in [0.05, 0.1) is 6.61 Å². The summed E-state index contributed by atoms with van der Waals surface area (Å²) in [5.74, 6) is 1.29. The van der Waals surface area contributed by atoms with E-state index in [1.54, 1.807) is 0 Å². The van der Waals surface area contributed by atoms with Crippen molar-refractivity contribution in [3.63, 3.8) is 0 Å². The molecule has 0 radical (unpaired) electrons. The number of nitrogens with zero attached hydrogens (tertiary/aromatic N) is 1. The summed E-state index contributed by atoms with van der Waals surface area (Å²) in [5, 5.41) is 3.64. The minimum absolute atomic E-state index is 0.474. The van der Waals surface area contributed by atoms with Crippen LogP contribution in [0.15, 0.2) is 4.52 Å². The highest BCUT2D eigenvalue weighted by Crippen LogP contribution is 2.14. The second-order valence-electron chi connectivity index (χ2n) is 2.56. The summed E-state index contributed by atoms with van der Waals surface area (Å²) in [6, 6.07) is 0. The first-order valence-corrected chi connectivity index (χ1v) is 4.04. The molecule has 12 heavy (non-hydrogen) atoms. The van der Waals surface area contributed by atoms with Crippen molar-refractivity contribution in [2.45, 2.75) is 20.3 Å². The molecule has 0 bridgehead atoms. The van der Waals surface area contributed by atoms with Crippen LogP contribution < -0.4 is 5.73 Å². The molecule has 1 heterocycles. The van der Waals surface area contributed by atoms with E-state index in [-0.39, 0.29) is 0 Å². The summed E-state index contributed by atoms with van der Waals surface area (Å²) in [7, 11) is 0. The maximum Gasteiger partial charge on any atom is 0.169 e. The largest absolute Gasteiger partial charge is 0.381 e. The predicted molar refractivity (Wildman–Crippen MR) is 45.8 cm³/mol. The van der Waals surface area contributed by atoms with Crippen LogP contribution in [0.1, 0.15) is 18.2 Å². The van der Waals surface area contributed by atoms with Crippen LogP contribution in [0.25, 0.3) is 0 Å². The Labute approximate surface area is 71.7 Å². The summed E-state index contributed by atoms with van der Waals surface area (Å²) in [6.07, 6.45) is 0.740. The van der Waals surface area contributed by atoms with Crippen LogP contribution in [0.5, 0.6) is 0 Å². The second kappa shape index (κ2) is 4.11. The van der Waals surface area contributed by atoms with Gasteiger partial charge in [0.1, 0.15) is 5.76 Å². The van der Waals surface area contributed by atoms with Gasteiger partial charge in [0.2, 0.25) is 0 Å². The Morgan fingerprint density at radius 3 is 2.83 bits per heavy atom. The van der Waals surface area contributed by atoms with E-state index in [4.69, 9.17) is 15.0 Å². The zero-order valence-corrected chi connectivity index (χ0v) is 7.46. The van der Waals surface area contributed by atoms with Crippen LogP contribution in [0, 0.1) is 6.92 Å². The number of hydrogen-bond acceptors (Lipinski definition) is 4. The Balaban J connectivity index is 2.46. The molecule has 0 aromatic carbocycles. The Hall–Kier alpha value is -1.03. The topological polar surface area (TPSA) is 61.3 Å². The lowest BCUT2D eigenvalue weighted by Gasteiger charge is -1.97. The Morgan fingerprint density at radius 2 is 2.33 bits per heavy atom. The summed E-state index contributed by atoms with van der Waals surface area (Å²) >= 11 is 0.